The third-order valence-corrected chi connectivity index (χ3v) is 12.3. The number of thiophene rings is 4. The molecule has 0 saturated heterocycles. The summed E-state index contributed by atoms with van der Waals surface area (Å²) in [5.41, 5.74) is 4.88. The smallest absolute Gasteiger partial charge is 0.0449 e. The van der Waals surface area contributed by atoms with Gasteiger partial charge < -0.3 is 9.13 Å². The van der Waals surface area contributed by atoms with Crippen LogP contribution in [0, 0.1) is 0 Å². The van der Waals surface area contributed by atoms with Crippen molar-refractivity contribution in [1.82, 2.24) is 9.13 Å². The van der Waals surface area contributed by atoms with E-state index in [0.717, 1.165) is 0 Å². The van der Waals surface area contributed by atoms with E-state index in [2.05, 4.69) is 155 Å². The molecule has 2 nitrogen and oxygen atoms in total. The molecule has 0 aliphatic carbocycles. The highest BCUT2D eigenvalue weighted by Gasteiger charge is 2.13. The summed E-state index contributed by atoms with van der Waals surface area (Å²) in [5, 5.41) is 0. The Morgan fingerprint density at radius 2 is 0.548 bits per heavy atom. The van der Waals surface area contributed by atoms with Gasteiger partial charge in [0.25, 0.3) is 0 Å². The zero-order chi connectivity index (χ0) is 27.9. The van der Waals surface area contributed by atoms with Gasteiger partial charge in [-0.15, -0.1) is 45.3 Å². The van der Waals surface area contributed by atoms with Crippen molar-refractivity contribution in [2.24, 2.45) is 0 Å². The molecule has 6 heteroatoms. The molecule has 8 rings (SSSR count). The number of nitrogens with zero attached hydrogens (tertiary/aromatic N) is 2. The number of hydrogen-bond acceptors (Lipinski definition) is 4. The van der Waals surface area contributed by atoms with Gasteiger partial charge in [0, 0.05) is 75.2 Å². The predicted octanol–water partition coefficient (Wildman–Crippen LogP) is 11.8. The maximum atomic E-state index is 2.27. The Morgan fingerprint density at radius 1 is 0.286 bits per heavy atom. The van der Waals surface area contributed by atoms with E-state index in [1.54, 1.807) is 0 Å². The van der Waals surface area contributed by atoms with Crippen LogP contribution in [0.2, 0.25) is 0 Å². The van der Waals surface area contributed by atoms with Gasteiger partial charge in [-0.05, 0) is 108 Å². The minimum Gasteiger partial charge on any atom is -0.324 e. The number of hydrogen-bond donors (Lipinski definition) is 0. The van der Waals surface area contributed by atoms with E-state index >= 15 is 0 Å². The first-order chi connectivity index (χ1) is 20.8. The summed E-state index contributed by atoms with van der Waals surface area (Å²) in [6.45, 7) is 0. The van der Waals surface area contributed by atoms with Gasteiger partial charge in [-0.3, -0.25) is 0 Å². The molecular formula is C36H24N2S4. The van der Waals surface area contributed by atoms with Crippen LogP contribution in [0.1, 0.15) is 0 Å². The van der Waals surface area contributed by atoms with Gasteiger partial charge in [-0.25, -0.2) is 0 Å². The Bertz CT molecular complexity index is 1910. The van der Waals surface area contributed by atoms with Crippen molar-refractivity contribution in [2.45, 2.75) is 0 Å². The molecule has 202 valence electrons. The first-order valence-electron chi connectivity index (χ1n) is 13.6. The van der Waals surface area contributed by atoms with Crippen LogP contribution in [0.15, 0.2) is 146 Å². The first kappa shape index (κ1) is 25.5. The summed E-state index contributed by atoms with van der Waals surface area (Å²) in [6.07, 6.45) is 8.30. The standard InChI is InChI=1S/C36H24N2S4/c1-2-22-37(21-1)27-9-5-25(6-10-27)29-13-15-31(39-29)33-17-19-35(41-33)36-20-18-34(42-36)32-16-14-30(40-32)26-7-11-28(12-8-26)38-23-3-4-24-38/h1-24H. The molecule has 42 heavy (non-hydrogen) atoms. The molecule has 6 heterocycles. The lowest BCUT2D eigenvalue weighted by atomic mass is 10.1. The highest BCUT2D eigenvalue weighted by molar-refractivity contribution is 7.29. The largest absolute Gasteiger partial charge is 0.324 e. The van der Waals surface area contributed by atoms with Crippen LogP contribution >= 0.6 is 45.3 Å². The molecule has 0 radical (unpaired) electrons. The fourth-order valence-corrected chi connectivity index (χ4v) is 9.37. The lowest BCUT2D eigenvalue weighted by molar-refractivity contribution is 1.08. The lowest BCUT2D eigenvalue weighted by Crippen LogP contribution is -1.88. The molecule has 0 bridgehead atoms. The minimum atomic E-state index is 1.18. The second kappa shape index (κ2) is 10.9. The summed E-state index contributed by atoms with van der Waals surface area (Å²) < 4.78 is 4.27. The molecule has 0 spiro atoms. The number of rotatable bonds is 7. The highest BCUT2D eigenvalue weighted by Crippen LogP contribution is 2.45. The van der Waals surface area contributed by atoms with E-state index in [-0.39, 0.29) is 0 Å². The van der Waals surface area contributed by atoms with Crippen LogP contribution < -0.4 is 0 Å². The van der Waals surface area contributed by atoms with Crippen molar-refractivity contribution in [3.63, 3.8) is 0 Å². The van der Waals surface area contributed by atoms with E-state index in [4.69, 9.17) is 0 Å². The molecule has 8 aromatic rings. The van der Waals surface area contributed by atoms with Crippen molar-refractivity contribution in [3.05, 3.63) is 146 Å². The van der Waals surface area contributed by atoms with Crippen LogP contribution in [0.25, 0.3) is 61.5 Å². The summed E-state index contributed by atoms with van der Waals surface area (Å²) in [6, 6.07) is 43.9. The normalized spacial score (nSPS) is 11.3. The molecule has 0 saturated carbocycles. The number of aromatic nitrogens is 2. The SMILES string of the molecule is c1ccn(-c2ccc(-c3ccc(-c4ccc(-c5ccc(-c6ccc(-c7ccc(-n8cccc8)cc7)s6)s5)s4)s3)cc2)c1. The average Bonchev–Trinajstić information content (AvgIpc) is 3.87. The molecule has 0 unspecified atom stereocenters. The Hall–Kier alpha value is -4.20. The third kappa shape index (κ3) is 4.93. The zero-order valence-electron chi connectivity index (χ0n) is 22.4. The third-order valence-electron chi connectivity index (χ3n) is 7.26. The average molecular weight is 613 g/mol. The zero-order valence-corrected chi connectivity index (χ0v) is 25.6. The van der Waals surface area contributed by atoms with Crippen LogP contribution in [0.4, 0.5) is 0 Å². The van der Waals surface area contributed by atoms with Gasteiger partial charge in [0.15, 0.2) is 0 Å². The highest BCUT2D eigenvalue weighted by atomic mass is 32.1. The van der Waals surface area contributed by atoms with Crippen molar-refractivity contribution in [2.75, 3.05) is 0 Å². The monoisotopic (exact) mass is 612 g/mol. The fraction of sp³-hybridized carbons (Fsp3) is 0. The molecule has 0 aliphatic heterocycles. The van der Waals surface area contributed by atoms with Gasteiger partial charge >= 0.3 is 0 Å². The Balaban J connectivity index is 0.981. The first-order valence-corrected chi connectivity index (χ1v) is 16.9. The summed E-state index contributed by atoms with van der Waals surface area (Å²) in [4.78, 5) is 10.5. The fourth-order valence-electron chi connectivity index (χ4n) is 5.07. The summed E-state index contributed by atoms with van der Waals surface area (Å²) in [5.74, 6) is 0. The van der Waals surface area contributed by atoms with E-state index < -0.39 is 0 Å². The van der Waals surface area contributed by atoms with Gasteiger partial charge in [-0.2, -0.15) is 0 Å². The molecule has 2 aromatic carbocycles. The molecule has 6 aromatic heterocycles. The van der Waals surface area contributed by atoms with E-state index in [9.17, 15) is 0 Å². The molecule has 0 atom stereocenters. The van der Waals surface area contributed by atoms with E-state index in [0.29, 0.717) is 0 Å². The van der Waals surface area contributed by atoms with Crippen molar-refractivity contribution < 1.29 is 0 Å². The molecule has 0 amide bonds. The van der Waals surface area contributed by atoms with Gasteiger partial charge in [0.1, 0.15) is 0 Å². The maximum Gasteiger partial charge on any atom is 0.0449 e. The number of benzene rings is 2. The molecule has 0 N–H and O–H groups in total. The van der Waals surface area contributed by atoms with Crippen molar-refractivity contribution >= 4 is 45.3 Å². The molecular weight excluding hydrogens is 589 g/mol. The van der Waals surface area contributed by atoms with Crippen molar-refractivity contribution in [1.29, 1.82) is 0 Å². The molecule has 0 aliphatic rings. The van der Waals surface area contributed by atoms with Gasteiger partial charge in [0.2, 0.25) is 0 Å². The van der Waals surface area contributed by atoms with E-state index in [1.807, 2.05) is 45.3 Å². The van der Waals surface area contributed by atoms with Crippen LogP contribution in [0.3, 0.4) is 0 Å². The van der Waals surface area contributed by atoms with Gasteiger partial charge in [-0.1, -0.05) is 24.3 Å². The van der Waals surface area contributed by atoms with Crippen molar-refractivity contribution in [3.8, 4) is 61.5 Å². The van der Waals surface area contributed by atoms with Crippen LogP contribution in [-0.2, 0) is 0 Å². The van der Waals surface area contributed by atoms with Crippen LogP contribution in [0.5, 0.6) is 0 Å². The second-order valence-electron chi connectivity index (χ2n) is 9.93. The lowest BCUT2D eigenvalue weighted by Gasteiger charge is -2.04. The quantitative estimate of drug-likeness (QED) is 0.169. The predicted molar refractivity (Wildman–Crippen MR) is 184 cm³/mol. The Kier molecular flexibility index (Phi) is 6.62. The summed E-state index contributed by atoms with van der Waals surface area (Å²) >= 11 is 7.48. The second-order valence-corrected chi connectivity index (χ2v) is 14.3. The van der Waals surface area contributed by atoms with E-state index in [1.165, 1.54) is 61.5 Å². The Morgan fingerprint density at radius 3 is 0.857 bits per heavy atom. The topological polar surface area (TPSA) is 9.86 Å². The van der Waals surface area contributed by atoms with Crippen LogP contribution in [-0.4, -0.2) is 9.13 Å². The Labute approximate surface area is 260 Å². The summed E-state index contributed by atoms with van der Waals surface area (Å²) in [7, 11) is 0. The minimum absolute atomic E-state index is 1.18. The van der Waals surface area contributed by atoms with Gasteiger partial charge in [0.05, 0.1) is 0 Å². The maximum absolute atomic E-state index is 2.27. The molecule has 0 fully saturated rings.